The van der Waals surface area contributed by atoms with Crippen LogP contribution in [0, 0.1) is 0 Å². The number of carbonyl (C=O) groups excluding carboxylic acids is 2. The molecule has 0 atom stereocenters. The molecular weight excluding hydrogens is 580 g/mol. The largest absolute Gasteiger partial charge is 0.464 e. The van der Waals surface area contributed by atoms with Gasteiger partial charge >= 0.3 is 11.9 Å². The van der Waals surface area contributed by atoms with Crippen LogP contribution in [0.3, 0.4) is 0 Å². The summed E-state index contributed by atoms with van der Waals surface area (Å²) in [6, 6.07) is 16.4. The minimum atomic E-state index is -0.705. The predicted octanol–water partition coefficient (Wildman–Crippen LogP) is 7.74. The number of hydrogen-bond acceptors (Lipinski definition) is 14. The summed E-state index contributed by atoms with van der Waals surface area (Å²) in [6.45, 7) is 10.0. The highest BCUT2D eigenvalue weighted by Gasteiger charge is 2.09. The van der Waals surface area contributed by atoms with E-state index in [0.717, 1.165) is 33.9 Å². The Morgan fingerprint density at radius 1 is 0.929 bits per heavy atom. The second-order valence-corrected chi connectivity index (χ2v) is 10.1. The summed E-state index contributed by atoms with van der Waals surface area (Å²) >= 11 is 2.82. The zero-order valence-corrected chi connectivity index (χ0v) is 24.2. The maximum atomic E-state index is 11.2. The van der Waals surface area contributed by atoms with Crippen molar-refractivity contribution in [3.05, 3.63) is 79.9 Å². The third kappa shape index (κ3) is 8.86. The third-order valence-electron chi connectivity index (χ3n) is 5.37. The van der Waals surface area contributed by atoms with E-state index in [1.54, 1.807) is 24.3 Å². The zero-order chi connectivity index (χ0) is 29.7. The van der Waals surface area contributed by atoms with Gasteiger partial charge in [0.15, 0.2) is 0 Å². The molecule has 0 radical (unpaired) electrons. The fourth-order valence-electron chi connectivity index (χ4n) is 3.34. The average molecular weight is 607 g/mol. The van der Waals surface area contributed by atoms with Gasteiger partial charge in [-0.15, -0.1) is 25.3 Å². The van der Waals surface area contributed by atoms with Gasteiger partial charge in [0.05, 0.1) is 22.6 Å². The van der Waals surface area contributed by atoms with E-state index in [0.29, 0.717) is 33.8 Å². The van der Waals surface area contributed by atoms with Gasteiger partial charge in [-0.1, -0.05) is 35.8 Å². The molecule has 42 heavy (non-hydrogen) atoms. The van der Waals surface area contributed by atoms with Crippen molar-refractivity contribution in [1.82, 2.24) is 4.98 Å². The van der Waals surface area contributed by atoms with E-state index in [4.69, 9.17) is 9.47 Å². The summed E-state index contributed by atoms with van der Waals surface area (Å²) in [5, 5.41) is 18.4. The number of aromatic nitrogens is 1. The Labute approximate surface area is 249 Å². The number of hydrogen-bond donors (Lipinski definition) is 0. The van der Waals surface area contributed by atoms with Gasteiger partial charge in [0, 0.05) is 24.4 Å². The highest BCUT2D eigenvalue weighted by atomic mass is 32.1. The SMILES string of the molecule is C=CC(=O)OCCN(CC)c1ccc(N=Nc2nc3sc(N=Nc4ccc(OCOOC(=O)C=C)cc4)cc3s2)cc1. The molecule has 4 aromatic rings. The van der Waals surface area contributed by atoms with E-state index in [9.17, 15) is 9.59 Å². The normalized spacial score (nSPS) is 11.2. The molecule has 0 N–H and O–H groups in total. The molecule has 2 aromatic heterocycles. The quantitative estimate of drug-likeness (QED) is 0.0255. The van der Waals surface area contributed by atoms with E-state index in [-0.39, 0.29) is 13.4 Å². The highest BCUT2D eigenvalue weighted by molar-refractivity contribution is 7.30. The Morgan fingerprint density at radius 3 is 2.29 bits per heavy atom. The highest BCUT2D eigenvalue weighted by Crippen LogP contribution is 2.39. The Balaban J connectivity index is 1.28. The van der Waals surface area contributed by atoms with Gasteiger partial charge in [-0.3, -0.25) is 4.89 Å². The molecule has 12 nitrogen and oxygen atoms in total. The van der Waals surface area contributed by atoms with Gasteiger partial charge < -0.3 is 14.4 Å². The number of thiophene rings is 1. The molecule has 0 fully saturated rings. The number of nitrogens with zero attached hydrogens (tertiary/aromatic N) is 6. The van der Waals surface area contributed by atoms with E-state index in [1.807, 2.05) is 37.3 Å². The molecule has 2 aromatic carbocycles. The molecule has 2 heterocycles. The minimum absolute atomic E-state index is 0.261. The summed E-state index contributed by atoms with van der Waals surface area (Å²) in [5.74, 6) is -0.629. The molecule has 0 amide bonds. The number of carbonyl (C=O) groups is 2. The van der Waals surface area contributed by atoms with Gasteiger partial charge in [-0.2, -0.15) is 0 Å². The topological polar surface area (TPSA) is 137 Å². The molecule has 0 unspecified atom stereocenters. The van der Waals surface area contributed by atoms with Crippen molar-refractivity contribution < 1.29 is 28.8 Å². The van der Waals surface area contributed by atoms with Crippen LogP contribution in [0.1, 0.15) is 6.92 Å². The third-order valence-corrected chi connectivity index (χ3v) is 7.30. The molecule has 0 bridgehead atoms. The van der Waals surface area contributed by atoms with Crippen LogP contribution in [0.25, 0.3) is 9.53 Å². The molecule has 4 rings (SSSR count). The summed E-state index contributed by atoms with van der Waals surface area (Å²) in [7, 11) is 0. The molecule has 0 aliphatic heterocycles. The second kappa shape index (κ2) is 15.3. The lowest BCUT2D eigenvalue weighted by molar-refractivity contribution is -0.293. The number of azo groups is 2. The smallest absolute Gasteiger partial charge is 0.365 e. The van der Waals surface area contributed by atoms with Crippen molar-refractivity contribution in [2.75, 3.05) is 31.4 Å². The number of rotatable bonds is 15. The maximum Gasteiger partial charge on any atom is 0.365 e. The van der Waals surface area contributed by atoms with E-state index in [2.05, 4.69) is 53.3 Å². The number of fused-ring (bicyclic) bond motifs is 1. The number of benzene rings is 2. The molecule has 0 saturated heterocycles. The lowest BCUT2D eigenvalue weighted by Gasteiger charge is -2.22. The molecule has 0 aliphatic rings. The van der Waals surface area contributed by atoms with Crippen LogP contribution in [-0.2, 0) is 24.1 Å². The predicted molar refractivity (Wildman–Crippen MR) is 161 cm³/mol. The fourth-order valence-corrected chi connectivity index (χ4v) is 5.19. The summed E-state index contributed by atoms with van der Waals surface area (Å²) < 4.78 is 11.3. The van der Waals surface area contributed by atoms with Gasteiger partial charge in [0.2, 0.25) is 11.9 Å². The molecule has 0 spiro atoms. The van der Waals surface area contributed by atoms with Crippen LogP contribution in [0.4, 0.5) is 27.2 Å². The molecule has 0 aliphatic carbocycles. The minimum Gasteiger partial charge on any atom is -0.464 e. The van der Waals surface area contributed by atoms with Crippen molar-refractivity contribution >= 4 is 71.3 Å². The van der Waals surface area contributed by atoms with Crippen LogP contribution < -0.4 is 9.64 Å². The number of ether oxygens (including phenoxy) is 2. The van der Waals surface area contributed by atoms with E-state index >= 15 is 0 Å². The number of esters is 1. The first-order valence-corrected chi connectivity index (χ1v) is 14.2. The van der Waals surface area contributed by atoms with Crippen molar-refractivity contribution in [2.24, 2.45) is 20.5 Å². The van der Waals surface area contributed by atoms with E-state index < -0.39 is 11.9 Å². The van der Waals surface area contributed by atoms with Crippen molar-refractivity contribution in [2.45, 2.75) is 6.92 Å². The maximum absolute atomic E-state index is 11.2. The fraction of sp³-hybridized carbons (Fsp3) is 0.179. The Kier molecular flexibility index (Phi) is 11.0. The van der Waals surface area contributed by atoms with Gasteiger partial charge in [-0.25, -0.2) is 14.6 Å². The van der Waals surface area contributed by atoms with Crippen LogP contribution in [0.2, 0.25) is 0 Å². The van der Waals surface area contributed by atoms with Gasteiger partial charge in [0.1, 0.15) is 22.2 Å². The number of anilines is 1. The first-order valence-electron chi connectivity index (χ1n) is 12.5. The monoisotopic (exact) mass is 606 g/mol. The van der Waals surface area contributed by atoms with Crippen LogP contribution in [0.5, 0.6) is 5.75 Å². The Hall–Kier alpha value is -4.79. The number of thiazole rings is 1. The molecule has 0 saturated carbocycles. The number of likely N-dealkylation sites (N-methyl/N-ethyl adjacent to an activating group) is 1. The average Bonchev–Trinajstić information content (AvgIpc) is 3.58. The first kappa shape index (κ1) is 30.2. The Morgan fingerprint density at radius 2 is 1.62 bits per heavy atom. The second-order valence-electron chi connectivity index (χ2n) is 8.10. The van der Waals surface area contributed by atoms with Gasteiger partial charge in [0.25, 0.3) is 0 Å². The standard InChI is InChI=1S/C28H26N6O6S2/c1-4-25(35)37-16-15-34(6-3)21-11-7-19(8-12-21)31-33-28-29-27-23(41-28)17-24(42-27)32-30-20-9-13-22(14-10-20)38-18-39-40-26(36)5-2/h4-5,7-14,17H,1-2,6,15-16,18H2,3H3. The molecule has 216 valence electrons. The molecule has 14 heteroatoms. The van der Waals surface area contributed by atoms with Crippen molar-refractivity contribution in [3.63, 3.8) is 0 Å². The summed E-state index contributed by atoms with van der Waals surface area (Å²) in [6.07, 6.45) is 2.14. The lowest BCUT2D eigenvalue weighted by atomic mass is 10.2. The Bertz CT molecular complexity index is 1550. The van der Waals surface area contributed by atoms with Crippen LogP contribution in [-0.4, -0.2) is 43.4 Å². The van der Waals surface area contributed by atoms with Crippen molar-refractivity contribution in [1.29, 1.82) is 0 Å². The van der Waals surface area contributed by atoms with Crippen molar-refractivity contribution in [3.8, 4) is 5.75 Å². The zero-order valence-electron chi connectivity index (χ0n) is 22.5. The lowest BCUT2D eigenvalue weighted by Crippen LogP contribution is -2.27. The van der Waals surface area contributed by atoms with Gasteiger partial charge in [-0.05, 0) is 61.5 Å². The first-order chi connectivity index (χ1) is 20.5. The van der Waals surface area contributed by atoms with Crippen LogP contribution >= 0.6 is 22.7 Å². The summed E-state index contributed by atoms with van der Waals surface area (Å²) in [5.41, 5.74) is 2.32. The summed E-state index contributed by atoms with van der Waals surface area (Å²) in [4.78, 5) is 38.6. The van der Waals surface area contributed by atoms with E-state index in [1.165, 1.54) is 22.7 Å². The molecular formula is C28H26N6O6S2. The van der Waals surface area contributed by atoms with Crippen LogP contribution in [0.15, 0.2) is 100 Å².